The van der Waals surface area contributed by atoms with Crippen molar-refractivity contribution < 1.29 is 0 Å². The lowest BCUT2D eigenvalue weighted by molar-refractivity contribution is 0.639. The Balaban J connectivity index is 2.07. The summed E-state index contributed by atoms with van der Waals surface area (Å²) in [4.78, 5) is 0. The van der Waals surface area contributed by atoms with Crippen LogP contribution in [0.2, 0.25) is 0 Å². The second kappa shape index (κ2) is 6.53. The molecule has 0 amide bonds. The monoisotopic (exact) mass is 257 g/mol. The minimum absolute atomic E-state index is 0.900. The molecule has 0 radical (unpaired) electrons. The zero-order valence-electron chi connectivity index (χ0n) is 12.1. The highest BCUT2D eigenvalue weighted by Crippen LogP contribution is 2.14. The van der Waals surface area contributed by atoms with E-state index in [0.717, 1.165) is 18.8 Å². The average molecular weight is 257 g/mol. The summed E-state index contributed by atoms with van der Waals surface area (Å²) in [5.74, 6) is 0. The molecule has 2 rings (SSSR count). The van der Waals surface area contributed by atoms with Gasteiger partial charge in [-0.1, -0.05) is 31.0 Å². The van der Waals surface area contributed by atoms with E-state index < -0.39 is 0 Å². The molecule has 0 bridgehead atoms. The van der Waals surface area contributed by atoms with Gasteiger partial charge in [-0.2, -0.15) is 5.10 Å². The van der Waals surface area contributed by atoms with Crippen LogP contribution in [0.4, 0.5) is 0 Å². The van der Waals surface area contributed by atoms with E-state index in [1.54, 1.807) is 0 Å². The van der Waals surface area contributed by atoms with Crippen molar-refractivity contribution in [2.24, 2.45) is 0 Å². The Morgan fingerprint density at radius 3 is 2.58 bits per heavy atom. The van der Waals surface area contributed by atoms with E-state index in [-0.39, 0.29) is 0 Å². The maximum Gasteiger partial charge on any atom is 0.0648 e. The van der Waals surface area contributed by atoms with Crippen molar-refractivity contribution in [2.45, 2.75) is 40.2 Å². The fourth-order valence-corrected chi connectivity index (χ4v) is 2.09. The van der Waals surface area contributed by atoms with E-state index in [1.165, 1.54) is 29.7 Å². The summed E-state index contributed by atoms with van der Waals surface area (Å²) < 4.78 is 2.01. The molecule has 0 aliphatic rings. The van der Waals surface area contributed by atoms with Crippen LogP contribution < -0.4 is 5.32 Å². The van der Waals surface area contributed by atoms with E-state index in [0.29, 0.717) is 0 Å². The summed E-state index contributed by atoms with van der Waals surface area (Å²) in [5, 5.41) is 7.96. The third kappa shape index (κ3) is 3.44. The normalized spacial score (nSPS) is 10.9. The van der Waals surface area contributed by atoms with E-state index in [2.05, 4.69) is 55.5 Å². The molecule has 1 N–H and O–H groups in total. The topological polar surface area (TPSA) is 29.9 Å². The van der Waals surface area contributed by atoms with E-state index in [4.69, 9.17) is 0 Å². The fourth-order valence-electron chi connectivity index (χ4n) is 2.09. The lowest BCUT2D eigenvalue weighted by Gasteiger charge is -2.07. The summed E-state index contributed by atoms with van der Waals surface area (Å²) in [5.41, 5.74) is 4.89. The van der Waals surface area contributed by atoms with E-state index >= 15 is 0 Å². The predicted molar refractivity (Wildman–Crippen MR) is 79.7 cm³/mol. The summed E-state index contributed by atoms with van der Waals surface area (Å²) in [6.07, 6.45) is 4.42. The van der Waals surface area contributed by atoms with Gasteiger partial charge in [0.05, 0.1) is 11.9 Å². The zero-order chi connectivity index (χ0) is 13.7. The lowest BCUT2D eigenvalue weighted by Crippen LogP contribution is -2.14. The fraction of sp³-hybridized carbons (Fsp3) is 0.438. The largest absolute Gasteiger partial charge is 0.313 e. The van der Waals surface area contributed by atoms with Gasteiger partial charge in [0.25, 0.3) is 0 Å². The highest BCUT2D eigenvalue weighted by molar-refractivity contribution is 5.36. The second-order valence-corrected chi connectivity index (χ2v) is 5.03. The third-order valence-corrected chi connectivity index (χ3v) is 3.41. The first kappa shape index (κ1) is 13.8. The molecular weight excluding hydrogens is 234 g/mol. The minimum atomic E-state index is 0.900. The molecule has 3 heteroatoms. The van der Waals surface area contributed by atoms with Gasteiger partial charge < -0.3 is 5.32 Å². The van der Waals surface area contributed by atoms with Gasteiger partial charge in [0.2, 0.25) is 0 Å². The third-order valence-electron chi connectivity index (χ3n) is 3.41. The molecule has 0 aliphatic carbocycles. The molecule has 0 aliphatic heterocycles. The number of nitrogens with one attached hydrogen (secondary N) is 1. The standard InChI is InChI=1S/C16H23N3/c1-4-5-10-17-11-15-12-18-19(14(15)3)16-8-6-13(2)7-9-16/h6-9,12,17H,4-5,10-11H2,1-3H3. The number of rotatable bonds is 6. The van der Waals surface area contributed by atoms with Gasteiger partial charge in [0, 0.05) is 17.8 Å². The highest BCUT2D eigenvalue weighted by Gasteiger charge is 2.07. The van der Waals surface area contributed by atoms with Crippen LogP contribution in [0.1, 0.15) is 36.6 Å². The molecule has 1 aromatic carbocycles. The van der Waals surface area contributed by atoms with E-state index in [9.17, 15) is 0 Å². The highest BCUT2D eigenvalue weighted by atomic mass is 15.3. The number of aromatic nitrogens is 2. The second-order valence-electron chi connectivity index (χ2n) is 5.03. The summed E-state index contributed by atoms with van der Waals surface area (Å²) in [6.45, 7) is 8.41. The Morgan fingerprint density at radius 1 is 1.16 bits per heavy atom. The molecule has 102 valence electrons. The van der Waals surface area contributed by atoms with Gasteiger partial charge in [-0.25, -0.2) is 4.68 Å². The number of benzene rings is 1. The van der Waals surface area contributed by atoms with Crippen molar-refractivity contribution in [1.82, 2.24) is 15.1 Å². The summed E-state index contributed by atoms with van der Waals surface area (Å²) in [7, 11) is 0. The Kier molecular flexibility index (Phi) is 4.74. The van der Waals surface area contributed by atoms with Crippen LogP contribution in [0.5, 0.6) is 0 Å². The van der Waals surface area contributed by atoms with Crippen molar-refractivity contribution in [2.75, 3.05) is 6.54 Å². The molecule has 0 saturated carbocycles. The number of nitrogens with zero attached hydrogens (tertiary/aromatic N) is 2. The molecule has 0 fully saturated rings. The maximum atomic E-state index is 4.49. The van der Waals surface area contributed by atoms with Gasteiger partial charge >= 0.3 is 0 Å². The molecule has 3 nitrogen and oxygen atoms in total. The smallest absolute Gasteiger partial charge is 0.0648 e. The number of unbranched alkanes of at least 4 members (excludes halogenated alkanes) is 1. The molecule has 0 saturated heterocycles. The summed E-state index contributed by atoms with van der Waals surface area (Å²) in [6, 6.07) is 8.47. The van der Waals surface area contributed by atoms with Gasteiger partial charge in [0.15, 0.2) is 0 Å². The van der Waals surface area contributed by atoms with Crippen LogP contribution in [0.15, 0.2) is 30.5 Å². The molecule has 19 heavy (non-hydrogen) atoms. The quantitative estimate of drug-likeness (QED) is 0.804. The van der Waals surface area contributed by atoms with Crippen LogP contribution >= 0.6 is 0 Å². The first-order valence-electron chi connectivity index (χ1n) is 7.03. The van der Waals surface area contributed by atoms with Crippen LogP contribution in [0.3, 0.4) is 0 Å². The molecular formula is C16H23N3. The van der Waals surface area contributed by atoms with Crippen molar-refractivity contribution in [3.8, 4) is 5.69 Å². The zero-order valence-corrected chi connectivity index (χ0v) is 12.1. The number of aryl methyl sites for hydroxylation is 1. The van der Waals surface area contributed by atoms with Crippen molar-refractivity contribution in [3.05, 3.63) is 47.3 Å². The van der Waals surface area contributed by atoms with Crippen LogP contribution in [-0.4, -0.2) is 16.3 Å². The Bertz CT molecular complexity index is 511. The molecule has 0 unspecified atom stereocenters. The first-order chi connectivity index (χ1) is 9.22. The lowest BCUT2D eigenvalue weighted by atomic mass is 10.2. The Hall–Kier alpha value is -1.61. The van der Waals surface area contributed by atoms with Crippen LogP contribution in [0, 0.1) is 13.8 Å². The number of hydrogen-bond acceptors (Lipinski definition) is 2. The average Bonchev–Trinajstić information content (AvgIpc) is 2.77. The Labute approximate surface area is 115 Å². The van der Waals surface area contributed by atoms with Crippen molar-refractivity contribution in [1.29, 1.82) is 0 Å². The molecule has 1 heterocycles. The maximum absolute atomic E-state index is 4.49. The SMILES string of the molecule is CCCCNCc1cnn(-c2ccc(C)cc2)c1C. The van der Waals surface area contributed by atoms with Crippen molar-refractivity contribution >= 4 is 0 Å². The van der Waals surface area contributed by atoms with Gasteiger partial charge in [-0.05, 0) is 38.9 Å². The Morgan fingerprint density at radius 2 is 1.89 bits per heavy atom. The molecule has 1 aromatic heterocycles. The van der Waals surface area contributed by atoms with Gasteiger partial charge in [-0.3, -0.25) is 0 Å². The first-order valence-corrected chi connectivity index (χ1v) is 7.03. The minimum Gasteiger partial charge on any atom is -0.313 e. The molecule has 0 atom stereocenters. The van der Waals surface area contributed by atoms with Crippen LogP contribution in [-0.2, 0) is 6.54 Å². The summed E-state index contributed by atoms with van der Waals surface area (Å²) >= 11 is 0. The van der Waals surface area contributed by atoms with Crippen molar-refractivity contribution in [3.63, 3.8) is 0 Å². The molecule has 0 spiro atoms. The van der Waals surface area contributed by atoms with Gasteiger partial charge in [0.1, 0.15) is 0 Å². The van der Waals surface area contributed by atoms with Crippen LogP contribution in [0.25, 0.3) is 5.69 Å². The molecule has 2 aromatic rings. The van der Waals surface area contributed by atoms with Gasteiger partial charge in [-0.15, -0.1) is 0 Å². The van der Waals surface area contributed by atoms with E-state index in [1.807, 2.05) is 10.9 Å². The predicted octanol–water partition coefficient (Wildman–Crippen LogP) is 3.38. The number of hydrogen-bond donors (Lipinski definition) is 1.